The highest BCUT2D eigenvalue weighted by molar-refractivity contribution is 4.52. The van der Waals surface area contributed by atoms with Crippen LogP contribution in [0.2, 0.25) is 0 Å². The Kier molecular flexibility index (Phi) is 3.91. The van der Waals surface area contributed by atoms with Crippen molar-refractivity contribution < 1.29 is 0 Å². The summed E-state index contributed by atoms with van der Waals surface area (Å²) in [7, 11) is 0. The van der Waals surface area contributed by atoms with Gasteiger partial charge in [0.25, 0.3) is 0 Å². The molecule has 6 heteroatoms. The van der Waals surface area contributed by atoms with Gasteiger partial charge < -0.3 is 0 Å². The Bertz CT molecular complexity index is 187. The SMILES string of the molecule is c1ncncn1.c1ncncn1. The number of aromatic nitrogens is 6. The van der Waals surface area contributed by atoms with E-state index in [1.165, 1.54) is 38.0 Å². The third kappa shape index (κ3) is 3.94. The van der Waals surface area contributed by atoms with Gasteiger partial charge in [-0.05, 0) is 0 Å². The Morgan fingerprint density at radius 1 is 0.333 bits per heavy atom. The maximum Gasteiger partial charge on any atom is 0.119 e. The van der Waals surface area contributed by atoms with Gasteiger partial charge in [0.2, 0.25) is 0 Å². The van der Waals surface area contributed by atoms with Crippen LogP contribution < -0.4 is 0 Å². The molecule has 0 N–H and O–H groups in total. The lowest BCUT2D eigenvalue weighted by Gasteiger charge is -1.69. The fourth-order valence-electron chi connectivity index (χ4n) is 0.410. The second kappa shape index (κ2) is 5.78. The van der Waals surface area contributed by atoms with Crippen molar-refractivity contribution in [1.29, 1.82) is 0 Å². The molecule has 0 fully saturated rings. The average Bonchev–Trinajstić information content (AvgIpc) is 2.24. The molecule has 12 heavy (non-hydrogen) atoms. The van der Waals surface area contributed by atoms with E-state index in [-0.39, 0.29) is 0 Å². The van der Waals surface area contributed by atoms with Crippen LogP contribution >= 0.6 is 0 Å². The van der Waals surface area contributed by atoms with Gasteiger partial charge >= 0.3 is 0 Å². The summed E-state index contributed by atoms with van der Waals surface area (Å²) in [4.78, 5) is 21.4. The summed E-state index contributed by atoms with van der Waals surface area (Å²) in [5, 5.41) is 0. The molecule has 2 aromatic rings. The molecule has 0 unspecified atom stereocenters. The second-order valence-electron chi connectivity index (χ2n) is 1.59. The van der Waals surface area contributed by atoms with E-state index in [1.807, 2.05) is 0 Å². The summed E-state index contributed by atoms with van der Waals surface area (Å²) in [6.07, 6.45) is 8.62. The molecule has 0 aliphatic rings. The zero-order chi connectivity index (χ0) is 8.49. The number of rotatable bonds is 0. The summed E-state index contributed by atoms with van der Waals surface area (Å²) >= 11 is 0. The van der Waals surface area contributed by atoms with Crippen LogP contribution in [0.1, 0.15) is 0 Å². The predicted molar refractivity (Wildman–Crippen MR) is 39.7 cm³/mol. The Labute approximate surface area is 68.8 Å². The minimum atomic E-state index is 1.44. The van der Waals surface area contributed by atoms with Crippen LogP contribution in [0.3, 0.4) is 0 Å². The van der Waals surface area contributed by atoms with Crippen molar-refractivity contribution in [1.82, 2.24) is 29.9 Å². The Morgan fingerprint density at radius 3 is 0.583 bits per heavy atom. The first-order valence-corrected chi connectivity index (χ1v) is 3.10. The second-order valence-corrected chi connectivity index (χ2v) is 1.59. The quantitative estimate of drug-likeness (QED) is 0.531. The molecule has 2 aromatic heterocycles. The van der Waals surface area contributed by atoms with Crippen molar-refractivity contribution in [2.75, 3.05) is 0 Å². The van der Waals surface area contributed by atoms with E-state index in [9.17, 15) is 0 Å². The van der Waals surface area contributed by atoms with Gasteiger partial charge in [-0.2, -0.15) is 0 Å². The third-order valence-corrected chi connectivity index (χ3v) is 0.800. The zero-order valence-corrected chi connectivity index (χ0v) is 6.15. The molecule has 2 rings (SSSR count). The van der Waals surface area contributed by atoms with Crippen LogP contribution in [-0.4, -0.2) is 29.9 Å². The Hall–Kier alpha value is -1.98. The summed E-state index contributed by atoms with van der Waals surface area (Å²) in [5.74, 6) is 0. The molecule has 0 aliphatic heterocycles. The van der Waals surface area contributed by atoms with Gasteiger partial charge in [-0.3, -0.25) is 0 Å². The van der Waals surface area contributed by atoms with E-state index >= 15 is 0 Å². The van der Waals surface area contributed by atoms with E-state index in [2.05, 4.69) is 29.9 Å². The van der Waals surface area contributed by atoms with Gasteiger partial charge in [0.15, 0.2) is 0 Å². The number of hydrogen-bond donors (Lipinski definition) is 0. The van der Waals surface area contributed by atoms with Gasteiger partial charge in [-0.1, -0.05) is 0 Å². The zero-order valence-electron chi connectivity index (χ0n) is 6.15. The van der Waals surface area contributed by atoms with Crippen molar-refractivity contribution in [3.8, 4) is 0 Å². The molecule has 0 amide bonds. The van der Waals surface area contributed by atoms with Crippen molar-refractivity contribution in [2.45, 2.75) is 0 Å². The topological polar surface area (TPSA) is 77.3 Å². The fraction of sp³-hybridized carbons (Fsp3) is 0. The Morgan fingerprint density at radius 2 is 0.500 bits per heavy atom. The predicted octanol–water partition coefficient (Wildman–Crippen LogP) is -0.257. The highest BCUT2D eigenvalue weighted by Crippen LogP contribution is 1.58. The average molecular weight is 162 g/mol. The largest absolute Gasteiger partial charge is 0.225 e. The molecule has 2 heterocycles. The molecule has 0 aromatic carbocycles. The maximum absolute atomic E-state index is 3.56. The van der Waals surface area contributed by atoms with Crippen molar-refractivity contribution in [3.63, 3.8) is 0 Å². The van der Waals surface area contributed by atoms with Gasteiger partial charge in [-0.15, -0.1) is 0 Å². The summed E-state index contributed by atoms with van der Waals surface area (Å²) in [6.45, 7) is 0. The smallest absolute Gasteiger partial charge is 0.119 e. The molecule has 0 bridgehead atoms. The van der Waals surface area contributed by atoms with E-state index in [1.54, 1.807) is 0 Å². The van der Waals surface area contributed by atoms with Crippen LogP contribution in [0.25, 0.3) is 0 Å². The summed E-state index contributed by atoms with van der Waals surface area (Å²) < 4.78 is 0. The highest BCUT2D eigenvalue weighted by atomic mass is 14.9. The molecule has 60 valence electrons. The van der Waals surface area contributed by atoms with Crippen molar-refractivity contribution in [2.24, 2.45) is 0 Å². The lowest BCUT2D eigenvalue weighted by molar-refractivity contribution is 1.05. The van der Waals surface area contributed by atoms with Gasteiger partial charge in [0, 0.05) is 0 Å². The molecule has 0 radical (unpaired) electrons. The summed E-state index contributed by atoms with van der Waals surface area (Å²) in [5.41, 5.74) is 0. The minimum absolute atomic E-state index is 1.44. The monoisotopic (exact) mass is 162 g/mol. The molecule has 0 saturated heterocycles. The molecule has 0 aliphatic carbocycles. The van der Waals surface area contributed by atoms with Crippen molar-refractivity contribution in [3.05, 3.63) is 38.0 Å². The van der Waals surface area contributed by atoms with Crippen LogP contribution in [0, 0.1) is 0 Å². The first kappa shape index (κ1) is 8.12. The molecular formula is C6H6N6. The van der Waals surface area contributed by atoms with E-state index in [0.29, 0.717) is 0 Å². The van der Waals surface area contributed by atoms with Crippen molar-refractivity contribution >= 4 is 0 Å². The molecule has 0 saturated carbocycles. The van der Waals surface area contributed by atoms with E-state index in [4.69, 9.17) is 0 Å². The standard InChI is InChI=1S/2C3H3N3/c2*1-4-2-6-3-5-1/h2*1-3H. The highest BCUT2D eigenvalue weighted by Gasteiger charge is 1.60. The van der Waals surface area contributed by atoms with Crippen LogP contribution in [0.5, 0.6) is 0 Å². The van der Waals surface area contributed by atoms with Crippen LogP contribution in [-0.2, 0) is 0 Å². The lowest BCUT2D eigenvalue weighted by Crippen LogP contribution is -1.73. The van der Waals surface area contributed by atoms with E-state index < -0.39 is 0 Å². The Balaban J connectivity index is 0.000000120. The van der Waals surface area contributed by atoms with E-state index in [0.717, 1.165) is 0 Å². The lowest BCUT2D eigenvalue weighted by atomic mass is 11.1. The first-order valence-electron chi connectivity index (χ1n) is 3.10. The van der Waals surface area contributed by atoms with Gasteiger partial charge in [0.05, 0.1) is 0 Å². The third-order valence-electron chi connectivity index (χ3n) is 0.800. The molecule has 6 nitrogen and oxygen atoms in total. The molecule has 0 atom stereocenters. The molecule has 0 spiro atoms. The van der Waals surface area contributed by atoms with Gasteiger partial charge in [-0.25, -0.2) is 29.9 Å². The van der Waals surface area contributed by atoms with Crippen LogP contribution in [0.4, 0.5) is 0 Å². The van der Waals surface area contributed by atoms with Gasteiger partial charge in [0.1, 0.15) is 38.0 Å². The normalized spacial score (nSPS) is 8.00. The maximum atomic E-state index is 3.56. The fourth-order valence-corrected chi connectivity index (χ4v) is 0.410. The van der Waals surface area contributed by atoms with Crippen LogP contribution in [0.15, 0.2) is 38.0 Å². The minimum Gasteiger partial charge on any atom is -0.225 e. The summed E-state index contributed by atoms with van der Waals surface area (Å²) in [6, 6.07) is 0. The molecular weight excluding hydrogens is 156 g/mol. The first-order chi connectivity index (χ1) is 6.00. The number of nitrogens with zero attached hydrogens (tertiary/aromatic N) is 6. The number of hydrogen-bond acceptors (Lipinski definition) is 6.